The van der Waals surface area contributed by atoms with Gasteiger partial charge in [-0.2, -0.15) is 0 Å². The predicted octanol–water partition coefficient (Wildman–Crippen LogP) is 3.90. The molecule has 1 aromatic heterocycles. The van der Waals surface area contributed by atoms with Crippen molar-refractivity contribution in [3.63, 3.8) is 0 Å². The Balaban J connectivity index is 1.88. The van der Waals surface area contributed by atoms with Crippen LogP contribution in [0.25, 0.3) is 0 Å². The van der Waals surface area contributed by atoms with Crippen LogP contribution in [0, 0.1) is 6.92 Å². The minimum Gasteiger partial charge on any atom is -0.456 e. The van der Waals surface area contributed by atoms with Gasteiger partial charge in [0.05, 0.1) is 4.88 Å². The van der Waals surface area contributed by atoms with E-state index < -0.39 is 12.0 Å². The molecule has 0 unspecified atom stereocenters. The van der Waals surface area contributed by atoms with Crippen LogP contribution in [0.5, 0.6) is 0 Å². The molecule has 1 amide bonds. The summed E-state index contributed by atoms with van der Waals surface area (Å²) >= 11 is 1.36. The number of esters is 1. The van der Waals surface area contributed by atoms with Crippen LogP contribution in [0.1, 0.15) is 58.2 Å². The number of carbonyl (C=O) groups excluding carboxylic acids is 3. The molecule has 144 valence electrons. The Kier molecular flexibility index (Phi) is 6.54. The molecule has 5 nitrogen and oxygen atoms in total. The van der Waals surface area contributed by atoms with Crippen molar-refractivity contribution < 1.29 is 19.1 Å². The Morgan fingerprint density at radius 3 is 2.22 bits per heavy atom. The third-order valence-corrected chi connectivity index (χ3v) is 5.12. The van der Waals surface area contributed by atoms with Crippen LogP contribution in [0.3, 0.4) is 0 Å². The predicted molar refractivity (Wildman–Crippen MR) is 106 cm³/mol. The van der Waals surface area contributed by atoms with Crippen LogP contribution in [0.2, 0.25) is 0 Å². The van der Waals surface area contributed by atoms with E-state index >= 15 is 0 Å². The summed E-state index contributed by atoms with van der Waals surface area (Å²) in [4.78, 5) is 37.9. The van der Waals surface area contributed by atoms with Crippen molar-refractivity contribution in [3.05, 3.63) is 57.3 Å². The zero-order chi connectivity index (χ0) is 20.2. The third kappa shape index (κ3) is 5.76. The van der Waals surface area contributed by atoms with Crippen molar-refractivity contribution in [2.75, 3.05) is 6.61 Å². The molecule has 0 aliphatic rings. The smallest absolute Gasteiger partial charge is 0.328 e. The Bertz CT molecular complexity index is 831. The van der Waals surface area contributed by atoms with E-state index in [1.165, 1.54) is 18.3 Å². The molecule has 0 aliphatic heterocycles. The van der Waals surface area contributed by atoms with Gasteiger partial charge in [-0.1, -0.05) is 32.9 Å². The average molecular weight is 388 g/mol. The summed E-state index contributed by atoms with van der Waals surface area (Å²) in [7, 11) is 0. The number of rotatable bonds is 6. The number of hydrogen-bond donors (Lipinski definition) is 1. The Morgan fingerprint density at radius 1 is 1.07 bits per heavy atom. The number of carbonyl (C=O) groups is 3. The zero-order valence-corrected chi connectivity index (χ0v) is 17.1. The van der Waals surface area contributed by atoms with Gasteiger partial charge in [0.1, 0.15) is 6.04 Å². The van der Waals surface area contributed by atoms with E-state index in [0.717, 1.165) is 10.4 Å². The fourth-order valence-electron chi connectivity index (χ4n) is 2.38. The molecule has 0 saturated heterocycles. The SMILES string of the molecule is Cc1ccc(C(=O)COC(=O)[C@H](C)NC(=O)c2ccc(C(C)(C)C)cc2)s1. The Labute approximate surface area is 163 Å². The highest BCUT2D eigenvalue weighted by Gasteiger charge is 2.20. The van der Waals surface area contributed by atoms with E-state index in [2.05, 4.69) is 26.1 Å². The molecule has 2 aromatic rings. The van der Waals surface area contributed by atoms with Gasteiger partial charge in [-0.25, -0.2) is 4.79 Å². The lowest BCUT2D eigenvalue weighted by Crippen LogP contribution is -2.40. The lowest BCUT2D eigenvalue weighted by atomic mass is 9.86. The number of ketones is 1. The molecule has 1 N–H and O–H groups in total. The first-order valence-electron chi connectivity index (χ1n) is 8.75. The average Bonchev–Trinajstić information content (AvgIpc) is 3.05. The highest BCUT2D eigenvalue weighted by atomic mass is 32.1. The number of amides is 1. The fraction of sp³-hybridized carbons (Fsp3) is 0.381. The molecule has 0 spiro atoms. The highest BCUT2D eigenvalue weighted by molar-refractivity contribution is 7.14. The topological polar surface area (TPSA) is 72.5 Å². The van der Waals surface area contributed by atoms with E-state index in [-0.39, 0.29) is 23.7 Å². The molecule has 0 radical (unpaired) electrons. The number of benzene rings is 1. The quantitative estimate of drug-likeness (QED) is 0.603. The van der Waals surface area contributed by atoms with Gasteiger partial charge >= 0.3 is 5.97 Å². The first-order valence-corrected chi connectivity index (χ1v) is 9.57. The number of thiophene rings is 1. The molecule has 1 heterocycles. The van der Waals surface area contributed by atoms with Crippen LogP contribution in [-0.2, 0) is 14.9 Å². The molecule has 0 fully saturated rings. The Hall–Kier alpha value is -2.47. The van der Waals surface area contributed by atoms with E-state index in [4.69, 9.17) is 4.74 Å². The molecule has 2 rings (SSSR count). The fourth-order valence-corrected chi connectivity index (χ4v) is 3.17. The summed E-state index contributed by atoms with van der Waals surface area (Å²) in [6.07, 6.45) is 0. The van der Waals surface area contributed by atoms with Crippen LogP contribution < -0.4 is 5.32 Å². The second kappa shape index (κ2) is 8.48. The summed E-state index contributed by atoms with van der Waals surface area (Å²) in [5, 5.41) is 2.60. The second-order valence-corrected chi connectivity index (χ2v) is 8.75. The van der Waals surface area contributed by atoms with E-state index in [0.29, 0.717) is 10.4 Å². The van der Waals surface area contributed by atoms with Crippen molar-refractivity contribution in [3.8, 4) is 0 Å². The van der Waals surface area contributed by atoms with Crippen molar-refractivity contribution in [1.29, 1.82) is 0 Å². The van der Waals surface area contributed by atoms with Crippen molar-refractivity contribution in [2.45, 2.75) is 46.1 Å². The van der Waals surface area contributed by atoms with Gasteiger partial charge in [-0.3, -0.25) is 9.59 Å². The normalized spacial score (nSPS) is 12.3. The molecular weight excluding hydrogens is 362 g/mol. The molecule has 1 atom stereocenters. The van der Waals surface area contributed by atoms with Crippen LogP contribution in [-0.4, -0.2) is 30.3 Å². The maximum atomic E-state index is 12.3. The summed E-state index contributed by atoms with van der Waals surface area (Å²) in [6.45, 7) is 9.39. The summed E-state index contributed by atoms with van der Waals surface area (Å²) < 4.78 is 5.03. The molecular formula is C21H25NO4S. The standard InChI is InChI=1S/C21H25NO4S/c1-13-6-11-18(27-13)17(23)12-26-20(25)14(2)22-19(24)15-7-9-16(10-8-15)21(3,4)5/h6-11,14H,12H2,1-5H3,(H,22,24)/t14-/m0/s1. The van der Waals surface area contributed by atoms with Gasteiger partial charge in [0.25, 0.3) is 5.91 Å². The second-order valence-electron chi connectivity index (χ2n) is 7.46. The lowest BCUT2D eigenvalue weighted by Gasteiger charge is -2.19. The number of aryl methyl sites for hydroxylation is 1. The van der Waals surface area contributed by atoms with Gasteiger partial charge in [0.2, 0.25) is 5.78 Å². The van der Waals surface area contributed by atoms with E-state index in [1.807, 2.05) is 25.1 Å². The van der Waals surface area contributed by atoms with Crippen LogP contribution in [0.4, 0.5) is 0 Å². The van der Waals surface area contributed by atoms with Crippen LogP contribution in [0.15, 0.2) is 36.4 Å². The molecule has 0 bridgehead atoms. The maximum absolute atomic E-state index is 12.3. The molecule has 1 aromatic carbocycles. The first kappa shape index (κ1) is 20.8. The number of Topliss-reactive ketones (excluding diaryl/α,β-unsaturated/α-hetero) is 1. The highest BCUT2D eigenvalue weighted by Crippen LogP contribution is 2.22. The third-order valence-electron chi connectivity index (χ3n) is 4.07. The van der Waals surface area contributed by atoms with E-state index in [1.54, 1.807) is 18.2 Å². The maximum Gasteiger partial charge on any atom is 0.328 e. The molecule has 6 heteroatoms. The van der Waals surface area contributed by atoms with Crippen LogP contribution >= 0.6 is 11.3 Å². The van der Waals surface area contributed by atoms with Crippen molar-refractivity contribution in [2.24, 2.45) is 0 Å². The van der Waals surface area contributed by atoms with Gasteiger partial charge in [0, 0.05) is 10.4 Å². The largest absolute Gasteiger partial charge is 0.456 e. The summed E-state index contributed by atoms with van der Waals surface area (Å²) in [6, 6.07) is 9.97. The number of ether oxygens (including phenoxy) is 1. The van der Waals surface area contributed by atoms with Gasteiger partial charge in [0.15, 0.2) is 6.61 Å². The van der Waals surface area contributed by atoms with Gasteiger partial charge in [-0.05, 0) is 49.1 Å². The van der Waals surface area contributed by atoms with Gasteiger partial charge < -0.3 is 10.1 Å². The monoisotopic (exact) mass is 387 g/mol. The zero-order valence-electron chi connectivity index (χ0n) is 16.3. The molecule has 27 heavy (non-hydrogen) atoms. The minimum atomic E-state index is -0.849. The first-order chi connectivity index (χ1) is 12.6. The van der Waals surface area contributed by atoms with Crippen molar-refractivity contribution >= 4 is 29.0 Å². The lowest BCUT2D eigenvalue weighted by molar-refractivity contribution is -0.144. The number of hydrogen-bond acceptors (Lipinski definition) is 5. The summed E-state index contributed by atoms with van der Waals surface area (Å²) in [5.41, 5.74) is 1.58. The molecule has 0 aliphatic carbocycles. The minimum absolute atomic E-state index is 0.000253. The summed E-state index contributed by atoms with van der Waals surface area (Å²) in [5.74, 6) is -1.26. The van der Waals surface area contributed by atoms with E-state index in [9.17, 15) is 14.4 Å². The van der Waals surface area contributed by atoms with Gasteiger partial charge in [-0.15, -0.1) is 11.3 Å². The molecule has 0 saturated carbocycles. The number of nitrogens with one attached hydrogen (secondary N) is 1. The Morgan fingerprint density at radius 2 is 1.70 bits per heavy atom. The van der Waals surface area contributed by atoms with Crippen molar-refractivity contribution in [1.82, 2.24) is 5.32 Å².